The molecule has 1 aromatic carbocycles. The largest absolute Gasteiger partial charge is 0.485 e. The average Bonchev–Trinajstić information content (AvgIpc) is 3.30. The average molecular weight is 394 g/mol. The molecule has 0 amide bonds. The van der Waals surface area contributed by atoms with Crippen molar-refractivity contribution < 1.29 is 28.2 Å². The summed E-state index contributed by atoms with van der Waals surface area (Å²) in [6, 6.07) is 1.76. The van der Waals surface area contributed by atoms with Crippen LogP contribution < -0.4 is 9.47 Å². The number of aliphatic hydroxyl groups is 1. The molecule has 0 bridgehead atoms. The normalized spacial score (nSPS) is 13.0. The van der Waals surface area contributed by atoms with Gasteiger partial charge in [0.1, 0.15) is 36.3 Å². The number of aromatic nitrogens is 4. The summed E-state index contributed by atoms with van der Waals surface area (Å²) in [5.74, 6) is -1.29. The van der Waals surface area contributed by atoms with E-state index in [0.29, 0.717) is 29.6 Å². The van der Waals surface area contributed by atoms with E-state index in [1.807, 2.05) is 0 Å². The van der Waals surface area contributed by atoms with Crippen LogP contribution in [0.4, 0.5) is 8.78 Å². The molecule has 0 radical (unpaired) electrons. The minimum Gasteiger partial charge on any atom is -0.485 e. The molecule has 0 saturated heterocycles. The van der Waals surface area contributed by atoms with Gasteiger partial charge in [0.05, 0.1) is 6.54 Å². The highest BCUT2D eigenvalue weighted by Crippen LogP contribution is 2.44. The van der Waals surface area contributed by atoms with E-state index < -0.39 is 24.0 Å². The maximum absolute atomic E-state index is 14.3. The van der Waals surface area contributed by atoms with E-state index in [1.165, 1.54) is 16.0 Å². The van der Waals surface area contributed by atoms with Gasteiger partial charge in [-0.2, -0.15) is 0 Å². The molecule has 1 N–H and O–H groups in total. The third-order valence-electron chi connectivity index (χ3n) is 3.95. The Labute approximate surface area is 155 Å². The maximum atomic E-state index is 14.3. The van der Waals surface area contributed by atoms with Gasteiger partial charge in [-0.1, -0.05) is 0 Å². The summed E-state index contributed by atoms with van der Waals surface area (Å²) >= 11 is 1.29. The highest BCUT2D eigenvalue weighted by Gasteiger charge is 2.25. The number of rotatable bonds is 5. The first-order valence-corrected chi connectivity index (χ1v) is 8.72. The minimum atomic E-state index is -0.930. The fraction of sp³-hybridized carbons (Fsp3) is 0.250. The number of nitrogens with zero attached hydrogens (tertiary/aromatic N) is 4. The Morgan fingerprint density at radius 3 is 2.74 bits per heavy atom. The number of tetrazole rings is 1. The van der Waals surface area contributed by atoms with Crippen LogP contribution in [0.25, 0.3) is 10.7 Å². The molecule has 3 heterocycles. The predicted molar refractivity (Wildman–Crippen MR) is 89.0 cm³/mol. The fourth-order valence-corrected chi connectivity index (χ4v) is 3.57. The van der Waals surface area contributed by atoms with Crippen molar-refractivity contribution in [1.29, 1.82) is 0 Å². The molecule has 0 spiro atoms. The lowest BCUT2D eigenvalue weighted by Gasteiger charge is -2.15. The van der Waals surface area contributed by atoms with Crippen molar-refractivity contribution in [2.75, 3.05) is 19.8 Å². The first-order valence-electron chi connectivity index (χ1n) is 7.84. The molecule has 2 aromatic heterocycles. The van der Waals surface area contributed by atoms with E-state index in [4.69, 9.17) is 14.6 Å². The Balaban J connectivity index is 1.69. The molecule has 27 heavy (non-hydrogen) atoms. The van der Waals surface area contributed by atoms with Crippen molar-refractivity contribution in [1.82, 2.24) is 20.2 Å². The molecule has 140 valence electrons. The molecular weight excluding hydrogens is 382 g/mol. The number of fused-ring (bicyclic) bond motifs is 1. The van der Waals surface area contributed by atoms with E-state index in [1.54, 1.807) is 5.38 Å². The zero-order valence-electron chi connectivity index (χ0n) is 13.7. The van der Waals surface area contributed by atoms with Gasteiger partial charge in [0.15, 0.2) is 23.1 Å². The molecular formula is C16H12F2N4O4S. The second-order valence-corrected chi connectivity index (χ2v) is 6.49. The Bertz CT molecular complexity index is 997. The summed E-state index contributed by atoms with van der Waals surface area (Å²) in [6.07, 6.45) is 0. The van der Waals surface area contributed by atoms with E-state index >= 15 is 0 Å². The molecule has 4 rings (SSSR count). The van der Waals surface area contributed by atoms with Crippen LogP contribution in [0, 0.1) is 11.6 Å². The van der Waals surface area contributed by atoms with Gasteiger partial charge in [0, 0.05) is 16.5 Å². The number of benzene rings is 1. The van der Waals surface area contributed by atoms with E-state index in [2.05, 4.69) is 15.5 Å². The quantitative estimate of drug-likeness (QED) is 0.657. The van der Waals surface area contributed by atoms with E-state index in [0.717, 1.165) is 12.1 Å². The maximum Gasteiger partial charge on any atom is 0.196 e. The SMILES string of the molecule is O=C(CO)c1cc(F)c(Cn2nnnc2-c2scc3c2OCCO3)c(F)c1. The molecule has 3 aromatic rings. The Hall–Kier alpha value is -2.92. The number of ketones is 1. The van der Waals surface area contributed by atoms with Gasteiger partial charge < -0.3 is 14.6 Å². The number of ether oxygens (including phenoxy) is 2. The van der Waals surface area contributed by atoms with Crippen LogP contribution in [-0.4, -0.2) is 50.9 Å². The van der Waals surface area contributed by atoms with Gasteiger partial charge in [-0.25, -0.2) is 13.5 Å². The lowest BCUT2D eigenvalue weighted by molar-refractivity contribution is 0.0902. The number of hydrogen-bond acceptors (Lipinski definition) is 8. The van der Waals surface area contributed by atoms with Crippen molar-refractivity contribution in [3.8, 4) is 22.2 Å². The molecule has 0 unspecified atom stereocenters. The summed E-state index contributed by atoms with van der Waals surface area (Å²) in [6.45, 7) is -0.312. The minimum absolute atomic E-state index is 0.244. The monoisotopic (exact) mass is 394 g/mol. The van der Waals surface area contributed by atoms with Gasteiger partial charge in [-0.05, 0) is 22.6 Å². The summed E-state index contributed by atoms with van der Waals surface area (Å²) in [5.41, 5.74) is -0.549. The lowest BCUT2D eigenvalue weighted by Crippen LogP contribution is -2.15. The molecule has 1 aliphatic heterocycles. The van der Waals surface area contributed by atoms with Gasteiger partial charge in [0.2, 0.25) is 0 Å². The van der Waals surface area contributed by atoms with Crippen LogP contribution in [-0.2, 0) is 6.54 Å². The van der Waals surface area contributed by atoms with Crippen LogP contribution in [0.3, 0.4) is 0 Å². The topological polar surface area (TPSA) is 99.4 Å². The van der Waals surface area contributed by atoms with Crippen LogP contribution in [0.5, 0.6) is 11.5 Å². The number of Topliss-reactive ketones (excluding diaryl/α,β-unsaturated/α-hetero) is 1. The third-order valence-corrected chi connectivity index (χ3v) is 4.89. The molecule has 1 aliphatic rings. The van der Waals surface area contributed by atoms with E-state index in [-0.39, 0.29) is 23.5 Å². The second kappa shape index (κ2) is 7.00. The lowest BCUT2D eigenvalue weighted by atomic mass is 10.1. The molecule has 0 saturated carbocycles. The van der Waals surface area contributed by atoms with E-state index in [9.17, 15) is 13.6 Å². The Kier molecular flexibility index (Phi) is 4.54. The Morgan fingerprint density at radius 1 is 1.26 bits per heavy atom. The summed E-state index contributed by atoms with van der Waals surface area (Å²) in [5, 5.41) is 21.9. The van der Waals surface area contributed by atoms with Crippen LogP contribution in [0.1, 0.15) is 15.9 Å². The second-order valence-electron chi connectivity index (χ2n) is 5.62. The zero-order valence-corrected chi connectivity index (χ0v) is 14.5. The first kappa shape index (κ1) is 17.5. The van der Waals surface area contributed by atoms with Gasteiger partial charge >= 0.3 is 0 Å². The van der Waals surface area contributed by atoms with Crippen molar-refractivity contribution in [3.05, 3.63) is 40.3 Å². The summed E-state index contributed by atoms with van der Waals surface area (Å²) in [7, 11) is 0. The zero-order chi connectivity index (χ0) is 19.0. The highest BCUT2D eigenvalue weighted by atomic mass is 32.1. The molecule has 0 aliphatic carbocycles. The highest BCUT2D eigenvalue weighted by molar-refractivity contribution is 7.14. The molecule has 11 heteroatoms. The van der Waals surface area contributed by atoms with Gasteiger partial charge in [0.25, 0.3) is 0 Å². The third kappa shape index (κ3) is 3.15. The molecule has 0 fully saturated rings. The number of carbonyl (C=O) groups excluding carboxylic acids is 1. The summed E-state index contributed by atoms with van der Waals surface area (Å²) in [4.78, 5) is 12.0. The van der Waals surface area contributed by atoms with Gasteiger partial charge in [-0.3, -0.25) is 4.79 Å². The fourth-order valence-electron chi connectivity index (χ4n) is 2.65. The van der Waals surface area contributed by atoms with Crippen molar-refractivity contribution in [2.24, 2.45) is 0 Å². The smallest absolute Gasteiger partial charge is 0.196 e. The Morgan fingerprint density at radius 2 is 2.00 bits per heavy atom. The first-order chi connectivity index (χ1) is 13.1. The van der Waals surface area contributed by atoms with Crippen molar-refractivity contribution in [2.45, 2.75) is 6.54 Å². The van der Waals surface area contributed by atoms with Crippen LogP contribution >= 0.6 is 11.3 Å². The molecule has 0 atom stereocenters. The van der Waals surface area contributed by atoms with Crippen LogP contribution in [0.15, 0.2) is 17.5 Å². The molecule has 8 nitrogen and oxygen atoms in total. The number of thiophene rings is 1. The standard InChI is InChI=1S/C16H12F2N4O4S/c17-10-3-8(12(24)6-23)4-11(18)9(10)5-22-16(19-20-21-22)15-14-13(7-27-15)25-1-2-26-14/h3-4,7,23H,1-2,5-6H2. The van der Waals surface area contributed by atoms with Crippen molar-refractivity contribution in [3.63, 3.8) is 0 Å². The summed E-state index contributed by atoms with van der Waals surface area (Å²) < 4.78 is 41.0. The predicted octanol–water partition coefficient (Wildman–Crippen LogP) is 1.67. The number of halogens is 2. The number of hydrogen-bond donors (Lipinski definition) is 1. The number of carbonyl (C=O) groups is 1. The van der Waals surface area contributed by atoms with Crippen LogP contribution in [0.2, 0.25) is 0 Å². The number of aliphatic hydroxyl groups excluding tert-OH is 1. The van der Waals surface area contributed by atoms with Crippen molar-refractivity contribution >= 4 is 17.1 Å². The van der Waals surface area contributed by atoms with Gasteiger partial charge in [-0.15, -0.1) is 16.4 Å².